The number of fused-ring (bicyclic) bond motifs is 1. The highest BCUT2D eigenvalue weighted by Gasteiger charge is 2.60. The van der Waals surface area contributed by atoms with Crippen LogP contribution in [0, 0.1) is 11.8 Å². The van der Waals surface area contributed by atoms with E-state index in [0.717, 1.165) is 29.5 Å². The molecule has 2 aromatic heterocycles. The lowest BCUT2D eigenvalue weighted by molar-refractivity contribution is -0.136. The summed E-state index contributed by atoms with van der Waals surface area (Å²) < 4.78 is 73.2. The lowest BCUT2D eigenvalue weighted by Crippen LogP contribution is -2.52. The number of nitrogens with one attached hydrogen (secondary N) is 1. The van der Waals surface area contributed by atoms with Crippen LogP contribution in [0.5, 0.6) is 0 Å². The Kier molecular flexibility index (Phi) is 5.07. The Balaban J connectivity index is 1.30. The molecule has 1 N–H and O–H groups in total. The van der Waals surface area contributed by atoms with Crippen LogP contribution in [0.2, 0.25) is 0 Å². The molecule has 2 fully saturated rings. The zero-order chi connectivity index (χ0) is 24.4. The van der Waals surface area contributed by atoms with Crippen LogP contribution < -0.4 is 4.72 Å². The van der Waals surface area contributed by atoms with Gasteiger partial charge in [-0.15, -0.1) is 0 Å². The molecule has 6 rings (SSSR count). The Morgan fingerprint density at radius 3 is 2.60 bits per heavy atom. The molecule has 2 bridgehead atoms. The van der Waals surface area contributed by atoms with Gasteiger partial charge in [0.05, 0.1) is 11.1 Å². The maximum Gasteiger partial charge on any atom is 0.402 e. The lowest BCUT2D eigenvalue weighted by atomic mass is 9.79. The Morgan fingerprint density at radius 1 is 1.11 bits per heavy atom. The van der Waals surface area contributed by atoms with Gasteiger partial charge in [0.15, 0.2) is 0 Å². The molecule has 3 atom stereocenters. The van der Waals surface area contributed by atoms with Gasteiger partial charge in [0.1, 0.15) is 6.54 Å². The predicted octanol–water partition coefficient (Wildman–Crippen LogP) is 3.37. The summed E-state index contributed by atoms with van der Waals surface area (Å²) in [5, 5.41) is 4.10. The molecule has 1 spiro atoms. The maximum atomic E-state index is 13.1. The quantitative estimate of drug-likeness (QED) is 0.586. The molecular formula is C23H22F3N5O3S. The highest BCUT2D eigenvalue weighted by molar-refractivity contribution is 7.87. The molecule has 3 aromatic rings. The third kappa shape index (κ3) is 3.93. The molecule has 3 aliphatic rings. The van der Waals surface area contributed by atoms with Crippen LogP contribution in [-0.2, 0) is 23.1 Å². The molecule has 1 saturated carbocycles. The molecule has 2 aliphatic carbocycles. The molecule has 0 radical (unpaired) electrons. The number of alkyl halides is 3. The highest BCUT2D eigenvalue weighted by Crippen LogP contribution is 2.50. The van der Waals surface area contributed by atoms with Gasteiger partial charge in [-0.1, -0.05) is 17.3 Å². The fraction of sp³-hybridized carbons (Fsp3) is 0.435. The van der Waals surface area contributed by atoms with E-state index in [0.29, 0.717) is 34.4 Å². The van der Waals surface area contributed by atoms with Crippen molar-refractivity contribution in [2.45, 2.75) is 37.4 Å². The van der Waals surface area contributed by atoms with Gasteiger partial charge in [0, 0.05) is 24.5 Å². The van der Waals surface area contributed by atoms with Crippen molar-refractivity contribution in [2.75, 3.05) is 13.1 Å². The third-order valence-corrected chi connectivity index (χ3v) is 9.08. The van der Waals surface area contributed by atoms with Crippen LogP contribution in [0.15, 0.2) is 47.2 Å². The third-order valence-electron chi connectivity index (χ3n) is 7.50. The summed E-state index contributed by atoms with van der Waals surface area (Å²) in [6.07, 6.45) is 1.38. The van der Waals surface area contributed by atoms with Gasteiger partial charge in [-0.25, -0.2) is 0 Å². The van der Waals surface area contributed by atoms with Gasteiger partial charge in [-0.05, 0) is 66.8 Å². The van der Waals surface area contributed by atoms with E-state index >= 15 is 0 Å². The average Bonchev–Trinajstić information content (AvgIpc) is 3.43. The topological polar surface area (TPSA) is 101 Å². The fourth-order valence-corrected chi connectivity index (χ4v) is 7.64. The van der Waals surface area contributed by atoms with Crippen molar-refractivity contribution in [1.29, 1.82) is 0 Å². The van der Waals surface area contributed by atoms with E-state index in [-0.39, 0.29) is 18.4 Å². The summed E-state index contributed by atoms with van der Waals surface area (Å²) >= 11 is 0. The van der Waals surface area contributed by atoms with Gasteiger partial charge in [-0.3, -0.25) is 4.98 Å². The van der Waals surface area contributed by atoms with Crippen LogP contribution in [-0.4, -0.2) is 52.7 Å². The normalized spacial score (nSPS) is 27.7. The minimum atomic E-state index is -4.60. The number of halogens is 3. The van der Waals surface area contributed by atoms with Crippen molar-refractivity contribution in [1.82, 2.24) is 24.2 Å². The van der Waals surface area contributed by atoms with Crippen LogP contribution in [0.25, 0.3) is 22.8 Å². The minimum absolute atomic E-state index is 0.0741. The zero-order valence-electron chi connectivity index (χ0n) is 18.5. The first-order chi connectivity index (χ1) is 16.6. The van der Waals surface area contributed by atoms with Crippen molar-refractivity contribution in [3.8, 4) is 22.8 Å². The lowest BCUT2D eigenvalue weighted by Gasteiger charge is -2.33. The van der Waals surface area contributed by atoms with E-state index in [1.54, 1.807) is 18.5 Å². The van der Waals surface area contributed by atoms with Gasteiger partial charge < -0.3 is 4.52 Å². The van der Waals surface area contributed by atoms with Gasteiger partial charge >= 0.3 is 6.18 Å². The fourth-order valence-electron chi connectivity index (χ4n) is 5.93. The largest absolute Gasteiger partial charge is 0.402 e. The summed E-state index contributed by atoms with van der Waals surface area (Å²) in [5.74, 6) is 0.600. The van der Waals surface area contributed by atoms with Crippen molar-refractivity contribution < 1.29 is 26.1 Å². The maximum absolute atomic E-state index is 13.1. The van der Waals surface area contributed by atoms with E-state index in [1.807, 2.05) is 24.3 Å². The number of hydrogen-bond acceptors (Lipinski definition) is 6. The Morgan fingerprint density at radius 2 is 1.89 bits per heavy atom. The van der Waals surface area contributed by atoms with Crippen molar-refractivity contribution in [3.05, 3.63) is 53.9 Å². The first kappa shape index (κ1) is 22.6. The van der Waals surface area contributed by atoms with Crippen molar-refractivity contribution >= 4 is 10.2 Å². The Bertz CT molecular complexity index is 1380. The predicted molar refractivity (Wildman–Crippen MR) is 119 cm³/mol. The van der Waals surface area contributed by atoms with Gasteiger partial charge in [0.25, 0.3) is 16.1 Å². The summed E-state index contributed by atoms with van der Waals surface area (Å²) in [4.78, 5) is 8.54. The molecule has 35 heavy (non-hydrogen) atoms. The highest BCUT2D eigenvalue weighted by atomic mass is 32.2. The summed E-state index contributed by atoms with van der Waals surface area (Å²) in [6.45, 7) is -1.64. The average molecular weight is 506 g/mol. The monoisotopic (exact) mass is 505 g/mol. The van der Waals surface area contributed by atoms with Crippen LogP contribution >= 0.6 is 0 Å². The molecule has 3 heterocycles. The molecule has 1 aliphatic heterocycles. The van der Waals surface area contributed by atoms with Crippen molar-refractivity contribution in [2.24, 2.45) is 11.8 Å². The molecule has 1 aromatic carbocycles. The number of benzene rings is 1. The molecule has 3 unspecified atom stereocenters. The molecule has 0 amide bonds. The Hall–Kier alpha value is -2.83. The summed E-state index contributed by atoms with van der Waals surface area (Å²) in [5.41, 5.74) is 2.68. The number of hydrogen-bond donors (Lipinski definition) is 1. The van der Waals surface area contributed by atoms with Gasteiger partial charge in [0.2, 0.25) is 5.82 Å². The van der Waals surface area contributed by atoms with Crippen molar-refractivity contribution in [3.63, 3.8) is 0 Å². The van der Waals surface area contributed by atoms with E-state index in [2.05, 4.69) is 19.8 Å². The molecule has 12 heteroatoms. The summed E-state index contributed by atoms with van der Waals surface area (Å²) in [7, 11) is -4.21. The number of nitrogens with zero attached hydrogens (tertiary/aromatic N) is 4. The first-order valence-corrected chi connectivity index (χ1v) is 12.8. The van der Waals surface area contributed by atoms with E-state index in [9.17, 15) is 21.6 Å². The van der Waals surface area contributed by atoms with Crippen LogP contribution in [0.4, 0.5) is 13.2 Å². The SMILES string of the molecule is O=S1(=O)NC2(CN1CC(F)(F)F)C1CCC2Cc2cc(-c3noc(-c4cccnc4)n3)ccc2C1. The zero-order valence-corrected chi connectivity index (χ0v) is 19.3. The van der Waals surface area contributed by atoms with E-state index in [1.165, 1.54) is 0 Å². The first-order valence-electron chi connectivity index (χ1n) is 11.3. The Labute approximate surface area is 199 Å². The van der Waals surface area contributed by atoms with E-state index in [4.69, 9.17) is 4.52 Å². The van der Waals surface area contributed by atoms with Crippen LogP contribution in [0.3, 0.4) is 0 Å². The summed E-state index contributed by atoms with van der Waals surface area (Å²) in [6, 6.07) is 9.47. The second-order valence-electron chi connectivity index (χ2n) is 9.56. The van der Waals surface area contributed by atoms with Crippen LogP contribution in [0.1, 0.15) is 24.0 Å². The number of pyridine rings is 1. The molecule has 1 saturated heterocycles. The second-order valence-corrected chi connectivity index (χ2v) is 11.2. The minimum Gasteiger partial charge on any atom is -0.334 e. The number of aromatic nitrogens is 3. The second kappa shape index (κ2) is 7.84. The standard InChI is InChI=1S/C23H22F3N5O3S/c24-23(25,26)13-31-12-22(30-35(31,32)33)18-5-6-19(22)10-17-8-15(4-3-14(17)9-18)20-28-21(34-29-20)16-2-1-7-27-11-16/h1-4,7-8,11,18-19,30H,5-6,9-10,12-13H2. The van der Waals surface area contributed by atoms with Gasteiger partial charge in [-0.2, -0.15) is 35.6 Å². The smallest absolute Gasteiger partial charge is 0.334 e. The van der Waals surface area contributed by atoms with E-state index < -0.39 is 28.5 Å². The molecule has 184 valence electrons. The number of rotatable bonds is 3. The molecular weight excluding hydrogens is 483 g/mol. The molecule has 8 nitrogen and oxygen atoms in total.